The minimum absolute atomic E-state index is 0.0801. The van der Waals surface area contributed by atoms with Gasteiger partial charge in [0.25, 0.3) is 0 Å². The van der Waals surface area contributed by atoms with E-state index in [4.69, 9.17) is 11.6 Å². The second-order valence-electron chi connectivity index (χ2n) is 5.60. The zero-order valence-electron chi connectivity index (χ0n) is 11.7. The Hall–Kier alpha value is -0.860. The number of likely N-dealkylation sites (tertiary alicyclic amines) is 1. The van der Waals surface area contributed by atoms with Crippen LogP contribution in [0.5, 0.6) is 0 Å². The fourth-order valence-electron chi connectivity index (χ4n) is 2.76. The Kier molecular flexibility index (Phi) is 5.00. The Morgan fingerprint density at radius 3 is 2.42 bits per heavy atom. The first kappa shape index (κ1) is 14.5. The predicted molar refractivity (Wildman–Crippen MR) is 79.6 cm³/mol. The van der Waals surface area contributed by atoms with E-state index in [-0.39, 0.29) is 11.8 Å². The molecule has 1 heterocycles. The molecule has 3 heteroatoms. The van der Waals surface area contributed by atoms with Crippen LogP contribution in [0.15, 0.2) is 24.3 Å². The van der Waals surface area contributed by atoms with E-state index in [0.29, 0.717) is 0 Å². The summed E-state index contributed by atoms with van der Waals surface area (Å²) in [6, 6.07) is 8.24. The zero-order chi connectivity index (χ0) is 13.8. The van der Waals surface area contributed by atoms with Crippen molar-refractivity contribution < 1.29 is 4.79 Å². The highest BCUT2D eigenvalue weighted by Crippen LogP contribution is 2.23. The van der Waals surface area contributed by atoms with E-state index in [0.717, 1.165) is 30.5 Å². The van der Waals surface area contributed by atoms with Gasteiger partial charge in [0.2, 0.25) is 0 Å². The summed E-state index contributed by atoms with van der Waals surface area (Å²) in [5.74, 6) is 1.01. The number of piperidine rings is 1. The lowest BCUT2D eigenvalue weighted by Crippen LogP contribution is -2.43. The van der Waals surface area contributed by atoms with E-state index in [1.54, 1.807) is 6.92 Å². The third-order valence-corrected chi connectivity index (χ3v) is 4.47. The fraction of sp³-hybridized carbons (Fsp3) is 0.562. The molecule has 1 atom stereocenters. The van der Waals surface area contributed by atoms with Gasteiger partial charge in [-0.05, 0) is 69.8 Å². The molecule has 1 unspecified atom stereocenters. The van der Waals surface area contributed by atoms with Gasteiger partial charge in [-0.3, -0.25) is 9.69 Å². The molecule has 1 aromatic rings. The molecule has 1 aliphatic rings. The first-order valence-electron chi connectivity index (χ1n) is 7.05. The van der Waals surface area contributed by atoms with Crippen LogP contribution in [0.1, 0.15) is 32.3 Å². The minimum atomic E-state index is 0.0801. The van der Waals surface area contributed by atoms with Crippen molar-refractivity contribution in [3.8, 4) is 0 Å². The van der Waals surface area contributed by atoms with Crippen molar-refractivity contribution in [2.75, 3.05) is 13.1 Å². The van der Waals surface area contributed by atoms with E-state index in [1.807, 2.05) is 19.1 Å². The second kappa shape index (κ2) is 6.53. The molecule has 0 amide bonds. The molecule has 104 valence electrons. The highest BCUT2D eigenvalue weighted by molar-refractivity contribution is 6.30. The van der Waals surface area contributed by atoms with Gasteiger partial charge in [0.15, 0.2) is 0 Å². The van der Waals surface area contributed by atoms with Gasteiger partial charge in [0.1, 0.15) is 5.78 Å². The summed E-state index contributed by atoms with van der Waals surface area (Å²) in [5, 5.41) is 0.800. The number of ketones is 1. The Morgan fingerprint density at radius 1 is 1.32 bits per heavy atom. The molecule has 1 aromatic carbocycles. The minimum Gasteiger partial charge on any atom is -0.298 e. The number of Topliss-reactive ketones (excluding diaryl/α,β-unsaturated/α-hetero) is 1. The molecule has 0 N–H and O–H groups in total. The summed E-state index contributed by atoms with van der Waals surface area (Å²) in [4.78, 5) is 13.7. The van der Waals surface area contributed by atoms with Gasteiger partial charge in [-0.1, -0.05) is 23.7 Å². The maximum Gasteiger partial charge on any atom is 0.146 e. The number of carbonyl (C=O) groups is 1. The third-order valence-electron chi connectivity index (χ3n) is 4.22. The number of halogens is 1. The Balaban J connectivity index is 1.83. The van der Waals surface area contributed by atoms with Crippen LogP contribution in [0.25, 0.3) is 0 Å². The lowest BCUT2D eigenvalue weighted by atomic mass is 9.89. The van der Waals surface area contributed by atoms with Crippen molar-refractivity contribution >= 4 is 17.4 Å². The molecule has 2 nitrogen and oxygen atoms in total. The van der Waals surface area contributed by atoms with Crippen LogP contribution in [0.4, 0.5) is 0 Å². The Morgan fingerprint density at radius 2 is 1.89 bits per heavy atom. The zero-order valence-corrected chi connectivity index (χ0v) is 12.5. The van der Waals surface area contributed by atoms with E-state index in [1.165, 1.54) is 18.4 Å². The van der Waals surface area contributed by atoms with Crippen molar-refractivity contribution in [2.24, 2.45) is 5.92 Å². The van der Waals surface area contributed by atoms with Crippen LogP contribution in [-0.4, -0.2) is 29.8 Å². The van der Waals surface area contributed by atoms with E-state index in [9.17, 15) is 4.79 Å². The lowest BCUT2D eigenvalue weighted by Gasteiger charge is -2.35. The average molecular weight is 280 g/mol. The van der Waals surface area contributed by atoms with Crippen LogP contribution in [0.3, 0.4) is 0 Å². The SMILES string of the molecule is CC(=O)C(C)N1CCC(Cc2ccc(Cl)cc2)CC1. The molecule has 1 saturated heterocycles. The van der Waals surface area contributed by atoms with Gasteiger partial charge < -0.3 is 0 Å². The number of nitrogens with zero attached hydrogens (tertiary/aromatic N) is 1. The molecule has 0 aliphatic carbocycles. The maximum atomic E-state index is 11.4. The second-order valence-corrected chi connectivity index (χ2v) is 6.03. The number of rotatable bonds is 4. The topological polar surface area (TPSA) is 20.3 Å². The summed E-state index contributed by atoms with van der Waals surface area (Å²) in [6.07, 6.45) is 3.49. The van der Waals surface area contributed by atoms with Crippen molar-refractivity contribution in [3.63, 3.8) is 0 Å². The van der Waals surface area contributed by atoms with Crippen LogP contribution in [0, 0.1) is 5.92 Å². The molecule has 0 bridgehead atoms. The van der Waals surface area contributed by atoms with Gasteiger partial charge >= 0.3 is 0 Å². The van der Waals surface area contributed by atoms with Crippen molar-refractivity contribution in [1.29, 1.82) is 0 Å². The molecule has 0 radical (unpaired) electrons. The molecule has 2 rings (SSSR count). The summed E-state index contributed by atoms with van der Waals surface area (Å²) in [6.45, 7) is 5.78. The number of carbonyl (C=O) groups excluding carboxylic acids is 1. The van der Waals surface area contributed by atoms with Crippen molar-refractivity contribution in [2.45, 2.75) is 39.2 Å². The molecule has 0 aromatic heterocycles. The van der Waals surface area contributed by atoms with Crippen LogP contribution in [0.2, 0.25) is 5.02 Å². The highest BCUT2D eigenvalue weighted by atomic mass is 35.5. The van der Waals surface area contributed by atoms with Crippen molar-refractivity contribution in [1.82, 2.24) is 4.90 Å². The summed E-state index contributed by atoms with van der Waals surface area (Å²) >= 11 is 5.90. The smallest absolute Gasteiger partial charge is 0.146 e. The third kappa shape index (κ3) is 4.05. The van der Waals surface area contributed by atoms with E-state index in [2.05, 4.69) is 17.0 Å². The van der Waals surface area contributed by atoms with Crippen LogP contribution >= 0.6 is 11.6 Å². The molecule has 0 spiro atoms. The van der Waals surface area contributed by atoms with E-state index < -0.39 is 0 Å². The molecule has 19 heavy (non-hydrogen) atoms. The maximum absolute atomic E-state index is 11.4. The Labute approximate surface area is 120 Å². The number of hydrogen-bond donors (Lipinski definition) is 0. The average Bonchev–Trinajstić information content (AvgIpc) is 2.41. The first-order chi connectivity index (χ1) is 9.06. The van der Waals surface area contributed by atoms with Gasteiger partial charge in [-0.15, -0.1) is 0 Å². The van der Waals surface area contributed by atoms with Crippen LogP contribution < -0.4 is 0 Å². The molecular formula is C16H22ClNO. The lowest BCUT2D eigenvalue weighted by molar-refractivity contribution is -0.122. The molecule has 1 aliphatic heterocycles. The molecule has 0 saturated carbocycles. The summed E-state index contributed by atoms with van der Waals surface area (Å²) in [5.41, 5.74) is 1.36. The van der Waals surface area contributed by atoms with Crippen molar-refractivity contribution in [3.05, 3.63) is 34.9 Å². The largest absolute Gasteiger partial charge is 0.298 e. The molecular weight excluding hydrogens is 258 g/mol. The Bertz CT molecular complexity index is 421. The monoisotopic (exact) mass is 279 g/mol. The van der Waals surface area contributed by atoms with Gasteiger partial charge in [0, 0.05) is 5.02 Å². The van der Waals surface area contributed by atoms with Gasteiger partial charge in [0.05, 0.1) is 6.04 Å². The van der Waals surface area contributed by atoms with Gasteiger partial charge in [-0.25, -0.2) is 0 Å². The normalized spacial score (nSPS) is 19.3. The first-order valence-corrected chi connectivity index (χ1v) is 7.43. The number of benzene rings is 1. The fourth-order valence-corrected chi connectivity index (χ4v) is 2.88. The predicted octanol–water partition coefficient (Wildman–Crippen LogP) is 3.57. The summed E-state index contributed by atoms with van der Waals surface area (Å²) < 4.78 is 0. The number of hydrogen-bond acceptors (Lipinski definition) is 2. The standard InChI is InChI=1S/C16H22ClNO/c1-12(13(2)19)18-9-7-15(8-10-18)11-14-3-5-16(17)6-4-14/h3-6,12,15H,7-11H2,1-2H3. The van der Waals surface area contributed by atoms with Gasteiger partial charge in [-0.2, -0.15) is 0 Å². The summed E-state index contributed by atoms with van der Waals surface area (Å²) in [7, 11) is 0. The molecule has 1 fully saturated rings. The van der Waals surface area contributed by atoms with E-state index >= 15 is 0 Å². The quantitative estimate of drug-likeness (QED) is 0.840. The highest BCUT2D eigenvalue weighted by Gasteiger charge is 2.24. The van der Waals surface area contributed by atoms with Crippen LogP contribution in [-0.2, 0) is 11.2 Å².